The van der Waals surface area contributed by atoms with Crippen LogP contribution in [0.5, 0.6) is 0 Å². The summed E-state index contributed by atoms with van der Waals surface area (Å²) in [6, 6.07) is 7.49. The van der Waals surface area contributed by atoms with E-state index in [0.717, 1.165) is 5.69 Å². The van der Waals surface area contributed by atoms with Gasteiger partial charge in [0, 0.05) is 28.2 Å². The van der Waals surface area contributed by atoms with Crippen molar-refractivity contribution in [2.75, 3.05) is 10.2 Å². The molecule has 0 aliphatic carbocycles. The minimum absolute atomic E-state index is 0.0373. The Morgan fingerprint density at radius 3 is 2.00 bits per heavy atom. The van der Waals surface area contributed by atoms with Crippen LogP contribution in [0.25, 0.3) is 0 Å². The Labute approximate surface area is 140 Å². The smallest absolute Gasteiger partial charge is 0.232 e. The first-order chi connectivity index (χ1) is 10.3. The molecule has 1 rings (SSSR count). The van der Waals surface area contributed by atoms with Crippen molar-refractivity contribution in [1.82, 2.24) is 0 Å². The van der Waals surface area contributed by atoms with Gasteiger partial charge in [0.2, 0.25) is 11.8 Å². The number of nitrogens with one attached hydrogen (secondary N) is 1. The van der Waals surface area contributed by atoms with E-state index >= 15 is 0 Å². The highest BCUT2D eigenvalue weighted by molar-refractivity contribution is 5.99. The lowest BCUT2D eigenvalue weighted by Crippen LogP contribution is -2.43. The number of carbonyl (C=O) groups is 2. The zero-order valence-electron chi connectivity index (χ0n) is 15.7. The molecule has 1 aromatic carbocycles. The first-order valence-electron chi connectivity index (χ1n) is 8.09. The van der Waals surface area contributed by atoms with Crippen LogP contribution in [-0.2, 0) is 9.59 Å². The fourth-order valence-electron chi connectivity index (χ4n) is 2.06. The maximum Gasteiger partial charge on any atom is 0.232 e. The van der Waals surface area contributed by atoms with Crippen molar-refractivity contribution in [3.63, 3.8) is 0 Å². The second-order valence-electron chi connectivity index (χ2n) is 8.27. The van der Waals surface area contributed by atoms with Crippen molar-refractivity contribution in [3.05, 3.63) is 24.3 Å². The average Bonchev–Trinajstić information content (AvgIpc) is 2.36. The van der Waals surface area contributed by atoms with Gasteiger partial charge in [-0.2, -0.15) is 0 Å². The summed E-state index contributed by atoms with van der Waals surface area (Å²) >= 11 is 0. The predicted molar refractivity (Wildman–Crippen MR) is 96.6 cm³/mol. The zero-order chi connectivity index (χ0) is 18.0. The van der Waals surface area contributed by atoms with Crippen LogP contribution in [0, 0.1) is 10.8 Å². The summed E-state index contributed by atoms with van der Waals surface area (Å²) in [4.78, 5) is 26.7. The van der Waals surface area contributed by atoms with E-state index in [4.69, 9.17) is 0 Å². The summed E-state index contributed by atoms with van der Waals surface area (Å²) in [6.45, 7) is 15.3. The molecule has 0 atom stereocenters. The van der Waals surface area contributed by atoms with Crippen LogP contribution in [-0.4, -0.2) is 17.9 Å². The lowest BCUT2D eigenvalue weighted by Gasteiger charge is -2.33. The van der Waals surface area contributed by atoms with Crippen molar-refractivity contribution in [2.45, 2.75) is 61.4 Å². The lowest BCUT2D eigenvalue weighted by molar-refractivity contribution is -0.126. The Kier molecular flexibility index (Phi) is 5.62. The average molecular weight is 318 g/mol. The van der Waals surface area contributed by atoms with E-state index in [2.05, 4.69) is 5.32 Å². The second kappa shape index (κ2) is 6.73. The monoisotopic (exact) mass is 318 g/mol. The number of nitrogens with zero attached hydrogens (tertiary/aromatic N) is 1. The van der Waals surface area contributed by atoms with Gasteiger partial charge in [-0.05, 0) is 32.0 Å². The van der Waals surface area contributed by atoms with Gasteiger partial charge in [0.05, 0.1) is 0 Å². The topological polar surface area (TPSA) is 49.4 Å². The summed E-state index contributed by atoms with van der Waals surface area (Å²) in [5.41, 5.74) is 0.575. The highest BCUT2D eigenvalue weighted by Crippen LogP contribution is 2.28. The van der Waals surface area contributed by atoms with E-state index in [0.29, 0.717) is 5.69 Å². The zero-order valence-corrected chi connectivity index (χ0v) is 15.7. The van der Waals surface area contributed by atoms with E-state index in [1.807, 2.05) is 79.7 Å². The number of amides is 2. The minimum atomic E-state index is -0.463. The Morgan fingerprint density at radius 2 is 1.57 bits per heavy atom. The number of anilines is 2. The Bertz CT molecular complexity index is 578. The van der Waals surface area contributed by atoms with E-state index in [1.165, 1.54) is 0 Å². The summed E-state index contributed by atoms with van der Waals surface area (Å²) in [5.74, 6) is 0.0136. The number of benzene rings is 1. The number of hydrogen-bond donors (Lipinski definition) is 1. The van der Waals surface area contributed by atoms with E-state index in [-0.39, 0.29) is 17.9 Å². The SMILES string of the molecule is CC(C)N(C(=O)C(C)(C)C)c1cccc(NC(=O)C(C)(C)C)c1. The summed E-state index contributed by atoms with van der Waals surface area (Å²) < 4.78 is 0. The Hall–Kier alpha value is -1.84. The van der Waals surface area contributed by atoms with Gasteiger partial charge >= 0.3 is 0 Å². The third-order valence-electron chi connectivity index (χ3n) is 3.44. The fourth-order valence-corrected chi connectivity index (χ4v) is 2.06. The normalized spacial score (nSPS) is 12.2. The predicted octanol–water partition coefficient (Wildman–Crippen LogP) is 4.46. The molecule has 0 aromatic heterocycles. The molecule has 0 saturated carbocycles. The van der Waals surface area contributed by atoms with Gasteiger partial charge in [0.1, 0.15) is 0 Å². The third-order valence-corrected chi connectivity index (χ3v) is 3.44. The van der Waals surface area contributed by atoms with Crippen molar-refractivity contribution in [2.24, 2.45) is 10.8 Å². The van der Waals surface area contributed by atoms with E-state index < -0.39 is 10.8 Å². The summed E-state index contributed by atoms with van der Waals surface area (Å²) in [7, 11) is 0. The number of hydrogen-bond acceptors (Lipinski definition) is 2. The van der Waals surface area contributed by atoms with Crippen LogP contribution in [0.4, 0.5) is 11.4 Å². The molecule has 4 nitrogen and oxygen atoms in total. The molecule has 0 spiro atoms. The van der Waals surface area contributed by atoms with Gasteiger partial charge in [-0.15, -0.1) is 0 Å². The molecule has 0 radical (unpaired) electrons. The van der Waals surface area contributed by atoms with Crippen LogP contribution in [0.2, 0.25) is 0 Å². The molecular formula is C19H30N2O2. The molecule has 0 aliphatic rings. The van der Waals surface area contributed by atoms with Gasteiger partial charge < -0.3 is 10.2 Å². The molecule has 0 aliphatic heterocycles. The highest BCUT2D eigenvalue weighted by atomic mass is 16.2. The molecule has 0 bridgehead atoms. The third kappa shape index (κ3) is 5.08. The van der Waals surface area contributed by atoms with Crippen LogP contribution >= 0.6 is 0 Å². The molecule has 4 heteroatoms. The molecule has 0 fully saturated rings. The van der Waals surface area contributed by atoms with Crippen LogP contribution in [0.1, 0.15) is 55.4 Å². The molecule has 0 heterocycles. The minimum Gasteiger partial charge on any atom is -0.326 e. The van der Waals surface area contributed by atoms with Gasteiger partial charge in [-0.3, -0.25) is 9.59 Å². The van der Waals surface area contributed by atoms with E-state index in [9.17, 15) is 9.59 Å². The van der Waals surface area contributed by atoms with Crippen molar-refractivity contribution in [3.8, 4) is 0 Å². The number of carbonyl (C=O) groups excluding carboxylic acids is 2. The molecule has 2 amide bonds. The quantitative estimate of drug-likeness (QED) is 0.894. The van der Waals surface area contributed by atoms with Gasteiger partial charge in [-0.25, -0.2) is 0 Å². The first kappa shape index (κ1) is 19.2. The van der Waals surface area contributed by atoms with Crippen LogP contribution in [0.15, 0.2) is 24.3 Å². The Morgan fingerprint density at radius 1 is 1.00 bits per heavy atom. The molecule has 1 aromatic rings. The standard InChI is InChI=1S/C19H30N2O2/c1-13(2)21(17(23)19(6,7)8)15-11-9-10-14(12-15)20-16(22)18(3,4)5/h9-13H,1-8H3,(H,20,22). The number of rotatable bonds is 3. The van der Waals surface area contributed by atoms with Crippen LogP contribution in [0.3, 0.4) is 0 Å². The highest BCUT2D eigenvalue weighted by Gasteiger charge is 2.30. The van der Waals surface area contributed by atoms with Crippen LogP contribution < -0.4 is 10.2 Å². The second-order valence-corrected chi connectivity index (χ2v) is 8.27. The van der Waals surface area contributed by atoms with Gasteiger partial charge in [-0.1, -0.05) is 47.6 Å². The summed E-state index contributed by atoms with van der Waals surface area (Å²) in [6.07, 6.45) is 0. The molecule has 1 N–H and O–H groups in total. The molecule has 0 saturated heterocycles. The molecule has 128 valence electrons. The molecular weight excluding hydrogens is 288 g/mol. The largest absolute Gasteiger partial charge is 0.326 e. The van der Waals surface area contributed by atoms with Crippen molar-refractivity contribution < 1.29 is 9.59 Å². The maximum absolute atomic E-state index is 12.7. The summed E-state index contributed by atoms with van der Waals surface area (Å²) in [5, 5.41) is 2.92. The fraction of sp³-hybridized carbons (Fsp3) is 0.579. The molecule has 23 heavy (non-hydrogen) atoms. The Balaban J connectivity index is 3.14. The van der Waals surface area contributed by atoms with Gasteiger partial charge in [0.25, 0.3) is 0 Å². The molecule has 0 unspecified atom stereocenters. The van der Waals surface area contributed by atoms with Crippen molar-refractivity contribution in [1.29, 1.82) is 0 Å². The van der Waals surface area contributed by atoms with Crippen molar-refractivity contribution >= 4 is 23.2 Å². The van der Waals surface area contributed by atoms with E-state index in [1.54, 1.807) is 4.90 Å². The lowest BCUT2D eigenvalue weighted by atomic mass is 9.93. The first-order valence-corrected chi connectivity index (χ1v) is 8.09. The van der Waals surface area contributed by atoms with Gasteiger partial charge in [0.15, 0.2) is 0 Å². The maximum atomic E-state index is 12.7.